The van der Waals surface area contributed by atoms with Crippen LogP contribution >= 0.6 is 23.4 Å². The molecule has 1 saturated carbocycles. The quantitative estimate of drug-likeness (QED) is 0.283. The van der Waals surface area contributed by atoms with Crippen LogP contribution in [0, 0.1) is 17.2 Å². The number of carbonyl (C=O) groups excluding carboxylic acids is 1. The standard InChI is InChI=1S/C21H19ClN4O3S.Na/c1-25(12-7-11(8-12)9-23)16-6-4-14-19(29)13-3-5-15(22)20(30-2)18(13)26(10-17(27)28)21(14)24-16;/h3-6,11-12H,7-8,10H2,1-2H3,(H,27,28);/q;+1/p-1. The van der Waals surface area contributed by atoms with Crippen LogP contribution in [0.1, 0.15) is 12.8 Å². The number of carboxylic acid groups (broad SMARTS) is 1. The maximum Gasteiger partial charge on any atom is 1.00 e. The molecule has 0 N–H and O–H groups in total. The number of hydrogen-bond acceptors (Lipinski definition) is 7. The number of nitriles is 1. The van der Waals surface area contributed by atoms with Gasteiger partial charge in [0.05, 0.1) is 45.3 Å². The minimum Gasteiger partial charge on any atom is -0.548 e. The number of anilines is 1. The largest absolute Gasteiger partial charge is 1.00 e. The third kappa shape index (κ3) is 4.18. The molecule has 2 heterocycles. The van der Waals surface area contributed by atoms with Crippen molar-refractivity contribution < 1.29 is 39.5 Å². The van der Waals surface area contributed by atoms with Crippen LogP contribution < -0.4 is 45.0 Å². The zero-order chi connectivity index (χ0) is 21.6. The van der Waals surface area contributed by atoms with Gasteiger partial charge in [0.2, 0.25) is 0 Å². The topological polar surface area (TPSA) is 102 Å². The van der Waals surface area contributed by atoms with Crippen LogP contribution in [0.2, 0.25) is 5.02 Å². The summed E-state index contributed by atoms with van der Waals surface area (Å²) in [6.07, 6.45) is 3.32. The molecule has 0 saturated heterocycles. The van der Waals surface area contributed by atoms with Crippen molar-refractivity contribution in [3.8, 4) is 6.07 Å². The number of fused-ring (bicyclic) bond motifs is 2. The Labute approximate surface area is 210 Å². The number of pyridine rings is 2. The van der Waals surface area contributed by atoms with E-state index in [0.717, 1.165) is 12.8 Å². The second-order valence-electron chi connectivity index (χ2n) is 7.37. The molecule has 10 heteroatoms. The van der Waals surface area contributed by atoms with E-state index in [9.17, 15) is 14.7 Å². The monoisotopic (exact) mass is 464 g/mol. The number of halogens is 1. The summed E-state index contributed by atoms with van der Waals surface area (Å²) in [6, 6.07) is 9.13. The predicted molar refractivity (Wildman–Crippen MR) is 116 cm³/mol. The van der Waals surface area contributed by atoms with Crippen molar-refractivity contribution in [2.45, 2.75) is 30.3 Å². The molecule has 4 rings (SSSR count). The predicted octanol–water partition coefficient (Wildman–Crippen LogP) is -0.583. The number of nitrogens with zero attached hydrogens (tertiary/aromatic N) is 4. The van der Waals surface area contributed by atoms with E-state index in [1.54, 1.807) is 24.3 Å². The van der Waals surface area contributed by atoms with E-state index in [1.807, 2.05) is 18.2 Å². The molecule has 0 radical (unpaired) electrons. The summed E-state index contributed by atoms with van der Waals surface area (Å²) in [6.45, 7) is -0.457. The maximum absolute atomic E-state index is 13.2. The number of carbonyl (C=O) groups is 1. The molecule has 1 fully saturated rings. The van der Waals surface area contributed by atoms with Crippen molar-refractivity contribution in [3.63, 3.8) is 0 Å². The summed E-state index contributed by atoms with van der Waals surface area (Å²) in [5, 5.41) is 21.7. The van der Waals surface area contributed by atoms with Crippen molar-refractivity contribution >= 4 is 57.1 Å². The third-order valence-corrected chi connectivity index (χ3v) is 6.90. The Kier molecular flexibility index (Phi) is 7.24. The molecule has 0 spiro atoms. The van der Waals surface area contributed by atoms with Gasteiger partial charge in [-0.3, -0.25) is 4.79 Å². The molecule has 3 aromatic rings. The number of thioether (sulfide) groups is 1. The van der Waals surface area contributed by atoms with Crippen molar-refractivity contribution in [3.05, 3.63) is 39.5 Å². The Morgan fingerprint density at radius 3 is 2.65 bits per heavy atom. The van der Waals surface area contributed by atoms with E-state index in [-0.39, 0.29) is 52.6 Å². The maximum atomic E-state index is 13.2. The molecule has 31 heavy (non-hydrogen) atoms. The van der Waals surface area contributed by atoms with E-state index in [1.165, 1.54) is 16.3 Å². The second kappa shape index (κ2) is 9.39. The number of hydrogen-bond donors (Lipinski definition) is 0. The summed E-state index contributed by atoms with van der Waals surface area (Å²) < 4.78 is 1.50. The van der Waals surface area contributed by atoms with Crippen molar-refractivity contribution in [2.24, 2.45) is 5.92 Å². The summed E-state index contributed by atoms with van der Waals surface area (Å²) >= 11 is 7.68. The fourth-order valence-corrected chi connectivity index (χ4v) is 5.00. The van der Waals surface area contributed by atoms with Crippen molar-refractivity contribution in [1.29, 1.82) is 5.26 Å². The minimum atomic E-state index is -1.29. The first-order valence-corrected chi connectivity index (χ1v) is 11.0. The molecule has 0 bridgehead atoms. The number of carboxylic acids is 1. The Balaban J connectivity index is 0.00000272. The van der Waals surface area contributed by atoms with E-state index in [0.29, 0.717) is 32.0 Å². The van der Waals surface area contributed by atoms with Gasteiger partial charge >= 0.3 is 29.6 Å². The molecule has 0 unspecified atom stereocenters. The fourth-order valence-electron chi connectivity index (χ4n) is 3.94. The molecular weight excluding hydrogens is 447 g/mol. The Hall–Kier alpha value is -1.76. The summed E-state index contributed by atoms with van der Waals surface area (Å²) in [7, 11) is 1.89. The van der Waals surface area contributed by atoms with Gasteiger partial charge in [-0.2, -0.15) is 5.26 Å². The summed E-state index contributed by atoms with van der Waals surface area (Å²) in [5.41, 5.74) is 0.489. The summed E-state index contributed by atoms with van der Waals surface area (Å²) in [4.78, 5) is 32.0. The van der Waals surface area contributed by atoms with Gasteiger partial charge < -0.3 is 19.4 Å². The smallest absolute Gasteiger partial charge is 0.548 e. The summed E-state index contributed by atoms with van der Waals surface area (Å²) in [5.74, 6) is -0.628. The molecule has 1 aliphatic carbocycles. The van der Waals surface area contributed by atoms with Gasteiger partial charge in [0, 0.05) is 18.5 Å². The van der Waals surface area contributed by atoms with Crippen LogP contribution in [0.4, 0.5) is 5.82 Å². The van der Waals surface area contributed by atoms with E-state index in [4.69, 9.17) is 16.9 Å². The SMILES string of the molecule is CSc1c(Cl)ccc2c(=O)c3ccc(N(C)C4CC(C#N)C4)nc3n(CC(=O)[O-])c12.[Na+]. The van der Waals surface area contributed by atoms with Crippen LogP contribution in [0.15, 0.2) is 34.0 Å². The minimum absolute atomic E-state index is 0. The van der Waals surface area contributed by atoms with Gasteiger partial charge in [-0.25, -0.2) is 4.98 Å². The van der Waals surface area contributed by atoms with E-state index < -0.39 is 12.5 Å². The van der Waals surface area contributed by atoms with Gasteiger partial charge in [-0.15, -0.1) is 11.8 Å². The zero-order valence-electron chi connectivity index (χ0n) is 17.4. The second-order valence-corrected chi connectivity index (χ2v) is 8.59. The van der Waals surface area contributed by atoms with Crippen LogP contribution in [0.3, 0.4) is 0 Å². The zero-order valence-corrected chi connectivity index (χ0v) is 21.0. The van der Waals surface area contributed by atoms with Crippen LogP contribution in [0.5, 0.6) is 0 Å². The van der Waals surface area contributed by atoms with E-state index >= 15 is 0 Å². The molecule has 7 nitrogen and oxygen atoms in total. The van der Waals surface area contributed by atoms with Crippen LogP contribution in [-0.2, 0) is 11.3 Å². The first-order valence-electron chi connectivity index (χ1n) is 9.37. The molecule has 1 aliphatic rings. The van der Waals surface area contributed by atoms with Crippen LogP contribution in [-0.4, -0.2) is 34.9 Å². The average Bonchev–Trinajstić information content (AvgIpc) is 2.69. The van der Waals surface area contributed by atoms with Gasteiger partial charge in [-0.1, -0.05) is 11.6 Å². The fraction of sp³-hybridized carbons (Fsp3) is 0.333. The van der Waals surface area contributed by atoms with Crippen molar-refractivity contribution in [2.75, 3.05) is 18.2 Å². The number of rotatable bonds is 5. The average molecular weight is 465 g/mol. The van der Waals surface area contributed by atoms with Gasteiger partial charge in [0.25, 0.3) is 0 Å². The molecule has 1 aromatic carbocycles. The molecule has 2 aromatic heterocycles. The molecule has 0 amide bonds. The van der Waals surface area contributed by atoms with E-state index in [2.05, 4.69) is 11.1 Å². The third-order valence-electron chi connectivity index (χ3n) is 5.65. The van der Waals surface area contributed by atoms with Gasteiger partial charge in [0.1, 0.15) is 11.5 Å². The number of benzene rings is 1. The normalized spacial score (nSPS) is 17.6. The molecular formula is C21H18ClN4NaO3S. The molecule has 0 aliphatic heterocycles. The van der Waals surface area contributed by atoms with Gasteiger partial charge in [-0.05, 0) is 43.4 Å². The Bertz CT molecular complexity index is 1280. The van der Waals surface area contributed by atoms with Crippen molar-refractivity contribution in [1.82, 2.24) is 9.55 Å². The van der Waals surface area contributed by atoms with Gasteiger partial charge in [0.15, 0.2) is 5.43 Å². The molecule has 154 valence electrons. The van der Waals surface area contributed by atoms with Crippen LogP contribution in [0.25, 0.3) is 21.9 Å². The Morgan fingerprint density at radius 2 is 2.03 bits per heavy atom. The first kappa shape index (κ1) is 23.9. The number of aliphatic carboxylic acids is 1. The number of aromatic nitrogens is 2. The Morgan fingerprint density at radius 1 is 1.35 bits per heavy atom. The first-order chi connectivity index (χ1) is 14.3. The molecule has 0 atom stereocenters.